The molecule has 0 saturated carbocycles. The standard InChI is InChI=1S/C41H61NO10/c1-20-12-26-6-8-30-21(2)13-28(45-30)10-11-41-19-40(5)39(52-41)38-37(50-40)36(51-41)35-31(49-38)9-7-27(47-35)14-24(43)15-29-23(4)32(16-25(44)18-42)48-34(29)17-33(46-26)22(20)3/h20,23,25-39,44H,2-3,6-19,42H2,1,4-5H3/t20-,23-,25+,26+,27?,28+,29-,30?,31+,32?,33?,34+,35?,36+,37+,38-,39?,40+,41-/m1/s1. The summed E-state index contributed by atoms with van der Waals surface area (Å²) < 4.78 is 54.5. The molecule has 10 heterocycles. The summed E-state index contributed by atoms with van der Waals surface area (Å²) in [6.07, 6.45) is 6.17. The largest absolute Gasteiger partial charge is 0.392 e. The molecule has 6 unspecified atom stereocenters. The number of fused-ring (bicyclic) bond motifs is 6. The van der Waals surface area contributed by atoms with E-state index in [1.807, 2.05) is 0 Å². The normalized spacial score (nSPS) is 53.8. The van der Waals surface area contributed by atoms with Gasteiger partial charge in [-0.3, -0.25) is 4.79 Å². The molecule has 10 fully saturated rings. The average Bonchev–Trinajstić information content (AvgIpc) is 3.73. The summed E-state index contributed by atoms with van der Waals surface area (Å²) in [4.78, 5) is 14.0. The van der Waals surface area contributed by atoms with E-state index in [2.05, 4.69) is 33.9 Å². The molecular formula is C41H61NO10. The lowest BCUT2D eigenvalue weighted by atomic mass is 9.78. The van der Waals surface area contributed by atoms with Gasteiger partial charge in [0.05, 0.1) is 54.9 Å². The van der Waals surface area contributed by atoms with Gasteiger partial charge in [0, 0.05) is 45.1 Å². The number of hydrogen-bond donors (Lipinski definition) is 2. The molecule has 1 spiro atoms. The number of aliphatic hydroxyl groups excluding tert-OH is 1. The second-order valence-electron chi connectivity index (χ2n) is 18.3. The van der Waals surface area contributed by atoms with E-state index in [9.17, 15) is 9.90 Å². The van der Waals surface area contributed by atoms with Gasteiger partial charge in [-0.15, -0.1) is 0 Å². The minimum atomic E-state index is -0.803. The number of nitrogens with two attached hydrogens (primary N) is 1. The van der Waals surface area contributed by atoms with Gasteiger partial charge >= 0.3 is 0 Å². The predicted molar refractivity (Wildman–Crippen MR) is 189 cm³/mol. The van der Waals surface area contributed by atoms with E-state index in [1.165, 1.54) is 0 Å². The van der Waals surface area contributed by atoms with Crippen molar-refractivity contribution in [1.82, 2.24) is 0 Å². The SMILES string of the molecule is C=C1C[C@@H]2CC[C@@]34C[C@]5(C)O[C@H]6[C@@H](O3)C3OC(CC[C@@H]3O[C@H]6C5O4)CC(=O)C[C@H]3[C@H](CC4O[C@@H](CCC1O2)C[C@@H](C)C4=C)OC(C[C@H](O)CN)[C@@H]3C. The van der Waals surface area contributed by atoms with Crippen LogP contribution in [0.2, 0.25) is 0 Å². The fourth-order valence-corrected chi connectivity index (χ4v) is 11.7. The molecule has 10 aliphatic heterocycles. The van der Waals surface area contributed by atoms with Crippen molar-refractivity contribution in [1.29, 1.82) is 0 Å². The maximum Gasteiger partial charge on any atom is 0.172 e. The van der Waals surface area contributed by atoms with Crippen molar-refractivity contribution in [2.45, 2.75) is 201 Å². The Morgan fingerprint density at radius 3 is 2.40 bits per heavy atom. The zero-order valence-corrected chi connectivity index (χ0v) is 31.3. The van der Waals surface area contributed by atoms with E-state index >= 15 is 0 Å². The maximum absolute atomic E-state index is 14.0. The Morgan fingerprint density at radius 1 is 0.808 bits per heavy atom. The molecular weight excluding hydrogens is 666 g/mol. The number of carbonyl (C=O) groups is 1. The van der Waals surface area contributed by atoms with Crippen LogP contribution in [0.4, 0.5) is 0 Å². The lowest BCUT2D eigenvalue weighted by Gasteiger charge is -2.47. The molecule has 290 valence electrons. The van der Waals surface area contributed by atoms with Crippen molar-refractivity contribution >= 4 is 5.78 Å². The van der Waals surface area contributed by atoms with Gasteiger partial charge in [-0.2, -0.15) is 0 Å². The highest BCUT2D eigenvalue weighted by molar-refractivity contribution is 5.79. The number of hydrogen-bond acceptors (Lipinski definition) is 11. The second-order valence-corrected chi connectivity index (χ2v) is 18.3. The third kappa shape index (κ3) is 6.40. The highest BCUT2D eigenvalue weighted by Gasteiger charge is 2.73. The van der Waals surface area contributed by atoms with Crippen molar-refractivity contribution in [2.75, 3.05) is 6.54 Å². The number of carbonyl (C=O) groups excluding carboxylic acids is 1. The third-order valence-electron chi connectivity index (χ3n) is 14.6. The van der Waals surface area contributed by atoms with Crippen LogP contribution < -0.4 is 5.73 Å². The minimum Gasteiger partial charge on any atom is -0.392 e. The van der Waals surface area contributed by atoms with Crippen LogP contribution in [-0.4, -0.2) is 114 Å². The monoisotopic (exact) mass is 727 g/mol. The van der Waals surface area contributed by atoms with E-state index in [0.29, 0.717) is 44.4 Å². The molecule has 10 aliphatic rings. The Labute approximate surface area is 308 Å². The first-order valence-corrected chi connectivity index (χ1v) is 20.5. The lowest BCUT2D eigenvalue weighted by Crippen LogP contribution is -2.61. The molecule has 0 amide bonds. The van der Waals surface area contributed by atoms with Crippen LogP contribution >= 0.6 is 0 Å². The second kappa shape index (κ2) is 13.7. The molecule has 0 aromatic rings. The van der Waals surface area contributed by atoms with E-state index in [-0.39, 0.29) is 104 Å². The van der Waals surface area contributed by atoms with Crippen LogP contribution in [0.3, 0.4) is 0 Å². The highest BCUT2D eigenvalue weighted by atomic mass is 16.8. The summed E-state index contributed by atoms with van der Waals surface area (Å²) in [5.41, 5.74) is 7.57. The number of ether oxygens (including phenoxy) is 8. The Balaban J connectivity index is 0.994. The first kappa shape index (κ1) is 36.4. The van der Waals surface area contributed by atoms with Crippen molar-refractivity contribution < 1.29 is 47.8 Å². The van der Waals surface area contributed by atoms with Gasteiger partial charge < -0.3 is 48.7 Å². The topological polar surface area (TPSA) is 137 Å². The van der Waals surface area contributed by atoms with Gasteiger partial charge in [-0.05, 0) is 80.8 Å². The van der Waals surface area contributed by atoms with Gasteiger partial charge in [-0.1, -0.05) is 27.0 Å². The van der Waals surface area contributed by atoms with E-state index in [4.69, 9.17) is 43.6 Å². The molecule has 11 heteroatoms. The summed E-state index contributed by atoms with van der Waals surface area (Å²) >= 11 is 0. The van der Waals surface area contributed by atoms with Gasteiger partial charge in [0.1, 0.15) is 41.9 Å². The van der Waals surface area contributed by atoms with Gasteiger partial charge in [0.2, 0.25) is 0 Å². The zero-order chi connectivity index (χ0) is 36.1. The number of rotatable bonds is 3. The van der Waals surface area contributed by atoms with E-state index in [1.54, 1.807) is 0 Å². The lowest BCUT2D eigenvalue weighted by molar-refractivity contribution is -0.294. The summed E-state index contributed by atoms with van der Waals surface area (Å²) in [5.74, 6) is -0.272. The third-order valence-corrected chi connectivity index (χ3v) is 14.6. The molecule has 52 heavy (non-hydrogen) atoms. The van der Waals surface area contributed by atoms with Crippen LogP contribution in [0.25, 0.3) is 0 Å². The summed E-state index contributed by atoms with van der Waals surface area (Å²) in [6.45, 7) is 15.6. The zero-order valence-electron chi connectivity index (χ0n) is 31.3. The van der Waals surface area contributed by atoms with Gasteiger partial charge in [-0.25, -0.2) is 0 Å². The van der Waals surface area contributed by atoms with Crippen LogP contribution in [0.15, 0.2) is 24.3 Å². The summed E-state index contributed by atoms with van der Waals surface area (Å²) in [5, 5.41) is 10.5. The smallest absolute Gasteiger partial charge is 0.172 e. The van der Waals surface area contributed by atoms with E-state index in [0.717, 1.165) is 56.1 Å². The molecule has 0 radical (unpaired) electrons. The van der Waals surface area contributed by atoms with Crippen molar-refractivity contribution in [2.24, 2.45) is 23.5 Å². The number of ketones is 1. The van der Waals surface area contributed by atoms with Gasteiger partial charge in [0.25, 0.3) is 0 Å². The average molecular weight is 728 g/mol. The quantitative estimate of drug-likeness (QED) is 0.399. The van der Waals surface area contributed by atoms with Crippen molar-refractivity contribution in [3.05, 3.63) is 24.3 Å². The maximum atomic E-state index is 14.0. The fourth-order valence-electron chi connectivity index (χ4n) is 11.7. The first-order chi connectivity index (χ1) is 24.9. The Hall–Kier alpha value is -1.25. The number of aliphatic hydroxyl groups is 1. The predicted octanol–water partition coefficient (Wildman–Crippen LogP) is 4.45. The molecule has 3 N–H and O–H groups in total. The fraction of sp³-hybridized carbons (Fsp3) is 0.878. The Morgan fingerprint density at radius 2 is 1.58 bits per heavy atom. The molecule has 10 rings (SSSR count). The molecule has 10 saturated heterocycles. The van der Waals surface area contributed by atoms with Crippen molar-refractivity contribution in [3.63, 3.8) is 0 Å². The highest BCUT2D eigenvalue weighted by Crippen LogP contribution is 2.58. The molecule has 12 bridgehead atoms. The minimum absolute atomic E-state index is 0.00566. The van der Waals surface area contributed by atoms with Crippen LogP contribution in [0, 0.1) is 17.8 Å². The Bertz CT molecular complexity index is 1410. The van der Waals surface area contributed by atoms with Crippen LogP contribution in [0.5, 0.6) is 0 Å². The van der Waals surface area contributed by atoms with Gasteiger partial charge in [0.15, 0.2) is 5.79 Å². The van der Waals surface area contributed by atoms with Crippen LogP contribution in [0.1, 0.15) is 104 Å². The summed E-state index contributed by atoms with van der Waals surface area (Å²) in [6, 6.07) is 0. The Kier molecular flexibility index (Phi) is 9.62. The molecule has 19 atom stereocenters. The summed E-state index contributed by atoms with van der Waals surface area (Å²) in [7, 11) is 0. The van der Waals surface area contributed by atoms with Crippen molar-refractivity contribution in [3.8, 4) is 0 Å². The molecule has 0 aliphatic carbocycles. The first-order valence-electron chi connectivity index (χ1n) is 20.5. The molecule has 0 aromatic carbocycles. The van der Waals surface area contributed by atoms with Crippen LogP contribution in [-0.2, 0) is 42.7 Å². The van der Waals surface area contributed by atoms with E-state index < -0.39 is 17.5 Å². The molecule has 11 nitrogen and oxygen atoms in total. The number of Topliss-reactive ketones (excluding diaryl/α,β-unsaturated/α-hetero) is 1. The molecule has 0 aromatic heterocycles.